The average molecular weight is 332 g/mol. The van der Waals surface area contributed by atoms with Gasteiger partial charge >= 0.3 is 0 Å². The summed E-state index contributed by atoms with van der Waals surface area (Å²) in [7, 11) is 1.64. The van der Waals surface area contributed by atoms with Crippen molar-refractivity contribution in [2.75, 3.05) is 38.2 Å². The predicted molar refractivity (Wildman–Crippen MR) is 89.9 cm³/mol. The molecule has 1 fully saturated rings. The highest BCUT2D eigenvalue weighted by Gasteiger charge is 2.23. The summed E-state index contributed by atoms with van der Waals surface area (Å²) in [6.07, 6.45) is 0. The van der Waals surface area contributed by atoms with E-state index in [9.17, 15) is 4.79 Å². The number of rotatable bonds is 4. The van der Waals surface area contributed by atoms with E-state index >= 15 is 0 Å². The minimum absolute atomic E-state index is 0.116. The Kier molecular flexibility index (Phi) is 4.88. The molecule has 0 aromatic carbocycles. The van der Waals surface area contributed by atoms with E-state index in [-0.39, 0.29) is 5.91 Å². The van der Waals surface area contributed by atoms with Crippen molar-refractivity contribution < 1.29 is 9.53 Å². The van der Waals surface area contributed by atoms with Gasteiger partial charge in [-0.05, 0) is 18.4 Å². The largest absolute Gasteiger partial charge is 0.377 e. The van der Waals surface area contributed by atoms with E-state index in [0.717, 1.165) is 30.2 Å². The van der Waals surface area contributed by atoms with E-state index in [1.807, 2.05) is 34.7 Å². The maximum atomic E-state index is 12.4. The summed E-state index contributed by atoms with van der Waals surface area (Å²) >= 11 is 1.55. The monoisotopic (exact) mass is 332 g/mol. The maximum Gasteiger partial charge on any atom is 0.254 e. The molecule has 0 unspecified atom stereocenters. The molecule has 3 heterocycles. The second-order valence-corrected chi connectivity index (χ2v) is 6.29. The van der Waals surface area contributed by atoms with Crippen molar-refractivity contribution in [3.05, 3.63) is 40.0 Å². The maximum absolute atomic E-state index is 12.4. The van der Waals surface area contributed by atoms with Crippen molar-refractivity contribution in [1.29, 1.82) is 0 Å². The summed E-state index contributed by atoms with van der Waals surface area (Å²) in [5, 5.41) is 3.84. The Morgan fingerprint density at radius 1 is 1.30 bits per heavy atom. The number of aryl methyl sites for hydroxylation is 1. The van der Waals surface area contributed by atoms with Crippen LogP contribution in [0.2, 0.25) is 0 Å². The fourth-order valence-electron chi connectivity index (χ4n) is 2.68. The van der Waals surface area contributed by atoms with Gasteiger partial charge < -0.3 is 14.5 Å². The number of ether oxygens (including phenoxy) is 1. The molecule has 0 saturated carbocycles. The van der Waals surface area contributed by atoms with Gasteiger partial charge in [-0.15, -0.1) is 0 Å². The second kappa shape index (κ2) is 7.06. The lowest BCUT2D eigenvalue weighted by Gasteiger charge is -2.35. The van der Waals surface area contributed by atoms with Gasteiger partial charge in [0.2, 0.25) is 0 Å². The summed E-state index contributed by atoms with van der Waals surface area (Å²) in [4.78, 5) is 25.4. The SMILES string of the molecule is COCc1nc(C)cc(N2CCN(C(=O)c3ccsc3)CC2)n1. The molecular formula is C16H20N4O2S. The summed E-state index contributed by atoms with van der Waals surface area (Å²) < 4.78 is 5.12. The van der Waals surface area contributed by atoms with Crippen LogP contribution in [0.15, 0.2) is 22.9 Å². The summed E-state index contributed by atoms with van der Waals surface area (Å²) in [6.45, 7) is 5.33. The number of anilines is 1. The molecule has 3 rings (SSSR count). The summed E-state index contributed by atoms with van der Waals surface area (Å²) in [5.41, 5.74) is 1.71. The number of amides is 1. The van der Waals surface area contributed by atoms with E-state index in [2.05, 4.69) is 14.9 Å². The van der Waals surface area contributed by atoms with Crippen molar-refractivity contribution in [3.63, 3.8) is 0 Å². The highest BCUT2D eigenvalue weighted by Crippen LogP contribution is 2.17. The van der Waals surface area contributed by atoms with Gasteiger partial charge in [-0.1, -0.05) is 0 Å². The number of hydrogen-bond acceptors (Lipinski definition) is 6. The molecule has 122 valence electrons. The number of carbonyl (C=O) groups excluding carboxylic acids is 1. The van der Waals surface area contributed by atoms with Gasteiger partial charge in [0, 0.05) is 50.4 Å². The molecule has 0 atom stereocenters. The molecule has 1 amide bonds. The minimum atomic E-state index is 0.116. The van der Waals surface area contributed by atoms with Gasteiger partial charge in [-0.3, -0.25) is 4.79 Å². The molecule has 2 aromatic heterocycles. The fraction of sp³-hybridized carbons (Fsp3) is 0.438. The zero-order valence-electron chi connectivity index (χ0n) is 13.4. The lowest BCUT2D eigenvalue weighted by atomic mass is 10.2. The van der Waals surface area contributed by atoms with Crippen LogP contribution in [0, 0.1) is 6.92 Å². The highest BCUT2D eigenvalue weighted by atomic mass is 32.1. The van der Waals surface area contributed by atoms with Crippen LogP contribution in [0.25, 0.3) is 0 Å². The first-order valence-corrected chi connectivity index (χ1v) is 8.51. The molecule has 1 aliphatic rings. The molecule has 0 N–H and O–H groups in total. The van der Waals surface area contributed by atoms with Gasteiger partial charge in [0.05, 0.1) is 5.56 Å². The molecule has 0 spiro atoms. The van der Waals surface area contributed by atoms with Crippen molar-refractivity contribution in [2.24, 2.45) is 0 Å². The lowest BCUT2D eigenvalue weighted by Crippen LogP contribution is -2.49. The molecule has 0 aliphatic carbocycles. The Labute approximate surface area is 139 Å². The molecule has 23 heavy (non-hydrogen) atoms. The number of thiophene rings is 1. The average Bonchev–Trinajstić information content (AvgIpc) is 3.08. The van der Waals surface area contributed by atoms with Crippen molar-refractivity contribution in [2.45, 2.75) is 13.5 Å². The van der Waals surface area contributed by atoms with Crippen LogP contribution < -0.4 is 4.90 Å². The van der Waals surface area contributed by atoms with E-state index in [1.54, 1.807) is 18.4 Å². The van der Waals surface area contributed by atoms with Crippen LogP contribution in [-0.2, 0) is 11.3 Å². The van der Waals surface area contributed by atoms with Gasteiger partial charge in [0.1, 0.15) is 12.4 Å². The van der Waals surface area contributed by atoms with Crippen molar-refractivity contribution in [1.82, 2.24) is 14.9 Å². The van der Waals surface area contributed by atoms with Gasteiger partial charge in [-0.25, -0.2) is 9.97 Å². The Bertz CT molecular complexity index is 667. The topological polar surface area (TPSA) is 58.6 Å². The number of piperazine rings is 1. The Morgan fingerprint density at radius 2 is 2.09 bits per heavy atom. The molecule has 1 saturated heterocycles. The lowest BCUT2D eigenvalue weighted by molar-refractivity contribution is 0.0747. The first-order valence-electron chi connectivity index (χ1n) is 7.57. The first-order chi connectivity index (χ1) is 11.2. The molecule has 0 radical (unpaired) electrons. The van der Waals surface area contributed by atoms with Crippen LogP contribution in [0.3, 0.4) is 0 Å². The van der Waals surface area contributed by atoms with Gasteiger partial charge in [-0.2, -0.15) is 11.3 Å². The van der Waals surface area contributed by atoms with Gasteiger partial charge in [0.25, 0.3) is 5.91 Å². The molecule has 1 aliphatic heterocycles. The van der Waals surface area contributed by atoms with E-state index < -0.39 is 0 Å². The summed E-state index contributed by atoms with van der Waals surface area (Å²) in [6, 6.07) is 3.86. The second-order valence-electron chi connectivity index (χ2n) is 5.51. The van der Waals surface area contributed by atoms with Crippen molar-refractivity contribution in [3.8, 4) is 0 Å². The molecule has 7 heteroatoms. The normalized spacial score (nSPS) is 15.0. The molecule has 0 bridgehead atoms. The number of aromatic nitrogens is 2. The van der Waals surface area contributed by atoms with E-state index in [0.29, 0.717) is 25.5 Å². The van der Waals surface area contributed by atoms with E-state index in [1.165, 1.54) is 0 Å². The Balaban J connectivity index is 1.66. The first kappa shape index (κ1) is 15.9. The number of carbonyl (C=O) groups is 1. The zero-order chi connectivity index (χ0) is 16.2. The molecular weight excluding hydrogens is 312 g/mol. The number of methoxy groups -OCH3 is 1. The minimum Gasteiger partial charge on any atom is -0.377 e. The smallest absolute Gasteiger partial charge is 0.254 e. The third-order valence-electron chi connectivity index (χ3n) is 3.82. The third kappa shape index (κ3) is 3.68. The van der Waals surface area contributed by atoms with Crippen LogP contribution in [0.1, 0.15) is 21.9 Å². The summed E-state index contributed by atoms with van der Waals surface area (Å²) in [5.74, 6) is 1.72. The van der Waals surface area contributed by atoms with Crippen LogP contribution >= 0.6 is 11.3 Å². The Hall–Kier alpha value is -1.99. The zero-order valence-corrected chi connectivity index (χ0v) is 14.2. The molecule has 6 nitrogen and oxygen atoms in total. The molecule has 2 aromatic rings. The fourth-order valence-corrected chi connectivity index (χ4v) is 3.30. The van der Waals surface area contributed by atoms with Crippen LogP contribution in [-0.4, -0.2) is 54.1 Å². The quantitative estimate of drug-likeness (QED) is 0.856. The van der Waals surface area contributed by atoms with Crippen LogP contribution in [0.5, 0.6) is 0 Å². The highest BCUT2D eigenvalue weighted by molar-refractivity contribution is 7.08. The Morgan fingerprint density at radius 3 is 2.74 bits per heavy atom. The van der Waals surface area contributed by atoms with E-state index in [4.69, 9.17) is 4.74 Å². The number of nitrogens with zero attached hydrogens (tertiary/aromatic N) is 4. The number of hydrogen-bond donors (Lipinski definition) is 0. The third-order valence-corrected chi connectivity index (χ3v) is 4.50. The predicted octanol–water partition coefficient (Wildman–Crippen LogP) is 1.96. The van der Waals surface area contributed by atoms with Crippen molar-refractivity contribution >= 4 is 23.1 Å². The standard InChI is InChI=1S/C16H20N4O2S/c1-12-9-15(18-14(17-12)10-22-2)19-4-6-20(7-5-19)16(21)13-3-8-23-11-13/h3,8-9,11H,4-7,10H2,1-2H3. The van der Waals surface area contributed by atoms with Gasteiger partial charge in [0.15, 0.2) is 5.82 Å². The van der Waals surface area contributed by atoms with Crippen LogP contribution in [0.4, 0.5) is 5.82 Å².